The fourth-order valence-corrected chi connectivity index (χ4v) is 3.31. The van der Waals surface area contributed by atoms with Crippen molar-refractivity contribution in [2.45, 2.75) is 31.1 Å². The van der Waals surface area contributed by atoms with Crippen molar-refractivity contribution in [3.05, 3.63) is 35.0 Å². The first kappa shape index (κ1) is 15.3. The van der Waals surface area contributed by atoms with Gasteiger partial charge < -0.3 is 10.6 Å². The fraction of sp³-hybridized carbons (Fsp3) is 0.400. The van der Waals surface area contributed by atoms with Gasteiger partial charge in [0.2, 0.25) is 5.91 Å². The lowest BCUT2D eigenvalue weighted by molar-refractivity contribution is -0.126. The zero-order chi connectivity index (χ0) is 14.5. The van der Waals surface area contributed by atoms with Crippen molar-refractivity contribution < 1.29 is 4.79 Å². The van der Waals surface area contributed by atoms with E-state index in [0.717, 1.165) is 30.7 Å². The molecule has 0 radical (unpaired) electrons. The van der Waals surface area contributed by atoms with Gasteiger partial charge in [-0.3, -0.25) is 4.79 Å². The molecule has 0 heterocycles. The second kappa shape index (κ2) is 7.04. The summed E-state index contributed by atoms with van der Waals surface area (Å²) in [6, 6.07) is 5.37. The summed E-state index contributed by atoms with van der Waals surface area (Å²) in [6.07, 6.45) is 5.41. The molecular formula is C15H19ClN2OS. The van der Waals surface area contributed by atoms with Crippen LogP contribution in [0.3, 0.4) is 0 Å². The number of carbonyl (C=O) groups excluding carboxylic acids is 1. The van der Waals surface area contributed by atoms with Gasteiger partial charge in [0.05, 0.1) is 5.75 Å². The molecule has 2 N–H and O–H groups in total. The first-order valence-corrected chi connectivity index (χ1v) is 8.15. The number of hydrogen-bond acceptors (Lipinski definition) is 3. The average molecular weight is 311 g/mol. The third-order valence-corrected chi connectivity index (χ3v) is 4.61. The van der Waals surface area contributed by atoms with Crippen LogP contribution in [0.2, 0.25) is 5.02 Å². The molecule has 0 aromatic heterocycles. The zero-order valence-corrected chi connectivity index (χ0v) is 13.1. The van der Waals surface area contributed by atoms with Gasteiger partial charge in [-0.2, -0.15) is 0 Å². The number of nitrogens with zero attached hydrogens (tertiary/aromatic N) is 1. The maximum absolute atomic E-state index is 12.3. The maximum Gasteiger partial charge on any atom is 0.237 e. The number of carbonyl (C=O) groups is 1. The van der Waals surface area contributed by atoms with E-state index in [0.29, 0.717) is 16.5 Å². The van der Waals surface area contributed by atoms with Crippen LogP contribution in [-0.4, -0.2) is 23.1 Å². The van der Waals surface area contributed by atoms with Crippen molar-refractivity contribution in [1.82, 2.24) is 4.90 Å². The lowest BCUT2D eigenvalue weighted by Gasteiger charge is -2.22. The van der Waals surface area contributed by atoms with Crippen LogP contribution in [0.15, 0.2) is 34.9 Å². The van der Waals surface area contributed by atoms with Gasteiger partial charge in [-0.15, -0.1) is 11.8 Å². The Morgan fingerprint density at radius 1 is 1.50 bits per heavy atom. The fourth-order valence-electron chi connectivity index (χ4n) is 2.31. The van der Waals surface area contributed by atoms with E-state index < -0.39 is 0 Å². The van der Waals surface area contributed by atoms with E-state index in [4.69, 9.17) is 17.3 Å². The summed E-state index contributed by atoms with van der Waals surface area (Å²) in [5.74, 6) is 0.539. The van der Waals surface area contributed by atoms with Gasteiger partial charge in [0.25, 0.3) is 0 Å². The number of thioether (sulfide) groups is 1. The molecule has 0 atom stereocenters. The Morgan fingerprint density at radius 2 is 2.30 bits per heavy atom. The normalized spacial score (nSPS) is 14.2. The maximum atomic E-state index is 12.3. The molecule has 1 aliphatic rings. The van der Waals surface area contributed by atoms with Gasteiger partial charge in [0, 0.05) is 27.8 Å². The molecule has 0 aliphatic heterocycles. The minimum Gasteiger partial charge on any atom is -0.398 e. The minimum absolute atomic E-state index is 0.139. The van der Waals surface area contributed by atoms with Gasteiger partial charge in [0.15, 0.2) is 0 Å². The van der Waals surface area contributed by atoms with E-state index in [1.165, 1.54) is 17.5 Å². The second-order valence-corrected chi connectivity index (χ2v) is 6.15. The highest BCUT2D eigenvalue weighted by Crippen LogP contribution is 2.29. The summed E-state index contributed by atoms with van der Waals surface area (Å²) in [7, 11) is 0. The van der Waals surface area contributed by atoms with Crippen molar-refractivity contribution in [3.63, 3.8) is 0 Å². The Kier molecular flexibility index (Phi) is 5.38. The molecule has 108 valence electrons. The molecule has 0 saturated heterocycles. The van der Waals surface area contributed by atoms with Crippen LogP contribution >= 0.6 is 23.4 Å². The smallest absolute Gasteiger partial charge is 0.237 e. The Balaban J connectivity index is 1.97. The monoisotopic (exact) mass is 310 g/mol. The first-order chi connectivity index (χ1) is 9.61. The molecule has 0 fully saturated rings. The Bertz CT molecular complexity index is 531. The summed E-state index contributed by atoms with van der Waals surface area (Å²) >= 11 is 7.33. The van der Waals surface area contributed by atoms with Crippen molar-refractivity contribution in [2.75, 3.05) is 18.0 Å². The molecule has 1 aromatic carbocycles. The van der Waals surface area contributed by atoms with E-state index >= 15 is 0 Å². The summed E-state index contributed by atoms with van der Waals surface area (Å²) in [5.41, 5.74) is 7.69. The van der Waals surface area contributed by atoms with Gasteiger partial charge >= 0.3 is 0 Å². The highest BCUT2D eigenvalue weighted by atomic mass is 35.5. The minimum atomic E-state index is 0.139. The number of nitrogen functional groups attached to an aromatic ring is 1. The largest absolute Gasteiger partial charge is 0.398 e. The summed E-state index contributed by atoms with van der Waals surface area (Å²) in [5, 5.41) is 0.615. The second-order valence-electron chi connectivity index (χ2n) is 4.70. The molecule has 5 heteroatoms. The number of anilines is 1. The SMILES string of the molecule is CCN(C(=O)CSc1ccc(Cl)cc1N)C1=CCCC1. The van der Waals surface area contributed by atoms with E-state index in [2.05, 4.69) is 6.08 Å². The van der Waals surface area contributed by atoms with Crippen molar-refractivity contribution in [2.24, 2.45) is 0 Å². The van der Waals surface area contributed by atoms with E-state index in [-0.39, 0.29) is 5.91 Å². The molecule has 20 heavy (non-hydrogen) atoms. The van der Waals surface area contributed by atoms with Crippen LogP contribution in [-0.2, 0) is 4.79 Å². The molecule has 0 bridgehead atoms. The third kappa shape index (κ3) is 3.70. The van der Waals surface area contributed by atoms with Gasteiger partial charge in [-0.1, -0.05) is 17.7 Å². The Hall–Kier alpha value is -1.13. The number of rotatable bonds is 5. The van der Waals surface area contributed by atoms with Crippen LogP contribution in [0, 0.1) is 0 Å². The number of allylic oxidation sites excluding steroid dienone is 2. The van der Waals surface area contributed by atoms with Gasteiger partial charge in [0.1, 0.15) is 0 Å². The molecule has 0 saturated carbocycles. The molecule has 1 amide bonds. The molecule has 3 nitrogen and oxygen atoms in total. The summed E-state index contributed by atoms with van der Waals surface area (Å²) in [6.45, 7) is 2.74. The van der Waals surface area contributed by atoms with Crippen LogP contribution in [0.25, 0.3) is 0 Å². The van der Waals surface area contributed by atoms with Gasteiger partial charge in [-0.25, -0.2) is 0 Å². The number of hydrogen-bond donors (Lipinski definition) is 1. The average Bonchev–Trinajstić information content (AvgIpc) is 2.92. The molecule has 0 unspecified atom stereocenters. The highest BCUT2D eigenvalue weighted by molar-refractivity contribution is 8.00. The zero-order valence-electron chi connectivity index (χ0n) is 11.6. The quantitative estimate of drug-likeness (QED) is 0.662. The molecule has 0 spiro atoms. The summed E-state index contributed by atoms with van der Waals surface area (Å²) in [4.78, 5) is 15.1. The molecule has 1 aliphatic carbocycles. The Labute approximate surface area is 129 Å². The molecule has 1 aromatic rings. The van der Waals surface area contributed by atoms with E-state index in [9.17, 15) is 4.79 Å². The predicted octanol–water partition coefficient (Wildman–Crippen LogP) is 3.93. The lowest BCUT2D eigenvalue weighted by Crippen LogP contribution is -2.31. The van der Waals surface area contributed by atoms with Crippen LogP contribution in [0.5, 0.6) is 0 Å². The van der Waals surface area contributed by atoms with Crippen molar-refractivity contribution in [1.29, 1.82) is 0 Å². The first-order valence-electron chi connectivity index (χ1n) is 6.79. The molecular weight excluding hydrogens is 292 g/mol. The number of halogens is 1. The standard InChI is InChI=1S/C15H19ClN2OS/c1-2-18(12-5-3-4-6-12)15(19)10-20-14-8-7-11(16)9-13(14)17/h5,7-9H,2-4,6,10,17H2,1H3. The van der Waals surface area contributed by atoms with E-state index in [1.54, 1.807) is 12.1 Å². The van der Waals surface area contributed by atoms with E-state index in [1.807, 2.05) is 17.9 Å². The number of nitrogens with two attached hydrogens (primary N) is 1. The van der Waals surface area contributed by atoms with Crippen molar-refractivity contribution in [3.8, 4) is 0 Å². The van der Waals surface area contributed by atoms with Crippen LogP contribution in [0.4, 0.5) is 5.69 Å². The van der Waals surface area contributed by atoms with Crippen LogP contribution < -0.4 is 5.73 Å². The third-order valence-electron chi connectivity index (χ3n) is 3.30. The highest BCUT2D eigenvalue weighted by Gasteiger charge is 2.18. The predicted molar refractivity (Wildman–Crippen MR) is 85.9 cm³/mol. The number of amides is 1. The number of benzene rings is 1. The lowest BCUT2D eigenvalue weighted by atomic mass is 10.3. The Morgan fingerprint density at radius 3 is 2.90 bits per heavy atom. The van der Waals surface area contributed by atoms with Gasteiger partial charge in [-0.05, 0) is 44.4 Å². The molecule has 2 rings (SSSR count). The summed E-state index contributed by atoms with van der Waals surface area (Å²) < 4.78 is 0. The van der Waals surface area contributed by atoms with Crippen molar-refractivity contribution >= 4 is 35.0 Å². The van der Waals surface area contributed by atoms with Crippen LogP contribution in [0.1, 0.15) is 26.2 Å². The topological polar surface area (TPSA) is 46.3 Å².